The van der Waals surface area contributed by atoms with E-state index in [-0.39, 0.29) is 5.82 Å². The van der Waals surface area contributed by atoms with Gasteiger partial charge in [0.05, 0.1) is 5.56 Å². The van der Waals surface area contributed by atoms with Gasteiger partial charge in [0, 0.05) is 0 Å². The van der Waals surface area contributed by atoms with Crippen LogP contribution in [0.3, 0.4) is 0 Å². The lowest BCUT2D eigenvalue weighted by Crippen LogP contribution is -2.29. The first-order chi connectivity index (χ1) is 7.70. The summed E-state index contributed by atoms with van der Waals surface area (Å²) in [5.74, 6) is 5.24. The van der Waals surface area contributed by atoms with E-state index in [2.05, 4.69) is 11.8 Å². The van der Waals surface area contributed by atoms with Crippen molar-refractivity contribution in [2.45, 2.75) is 37.7 Å². The van der Waals surface area contributed by atoms with Crippen molar-refractivity contribution in [2.75, 3.05) is 0 Å². The number of aliphatic hydroxyl groups is 1. The summed E-state index contributed by atoms with van der Waals surface area (Å²) >= 11 is 0. The van der Waals surface area contributed by atoms with Crippen LogP contribution in [-0.4, -0.2) is 10.7 Å². The second kappa shape index (κ2) is 4.67. The summed E-state index contributed by atoms with van der Waals surface area (Å²) in [6, 6.07) is 6.40. The molecule has 0 radical (unpaired) electrons. The zero-order valence-electron chi connectivity index (χ0n) is 9.17. The minimum Gasteiger partial charge on any atom is -0.378 e. The number of halogens is 1. The van der Waals surface area contributed by atoms with Crippen LogP contribution >= 0.6 is 0 Å². The third-order valence-corrected chi connectivity index (χ3v) is 2.98. The predicted octanol–water partition coefficient (Wildman–Crippen LogP) is 2.87. The lowest BCUT2D eigenvalue weighted by molar-refractivity contribution is 0.0610. The molecule has 0 heterocycles. The molecule has 1 saturated carbocycles. The molecular weight excluding hydrogens is 203 g/mol. The second-order valence-electron chi connectivity index (χ2n) is 4.32. The summed E-state index contributed by atoms with van der Waals surface area (Å²) in [4.78, 5) is 0. The van der Waals surface area contributed by atoms with Gasteiger partial charge in [-0.3, -0.25) is 0 Å². The number of hydrogen-bond acceptors (Lipinski definition) is 1. The fraction of sp³-hybridized carbons (Fsp3) is 0.429. The molecule has 1 aliphatic carbocycles. The zero-order valence-corrected chi connectivity index (χ0v) is 9.17. The standard InChI is InChI=1S/C14H15FO/c15-13-7-3-2-6-12(13)8-11-14(16)9-4-1-5-10-14/h2-3,6-7,16H,1,4-5,9-10H2. The van der Waals surface area contributed by atoms with Crippen molar-refractivity contribution in [1.82, 2.24) is 0 Å². The molecule has 0 spiro atoms. The van der Waals surface area contributed by atoms with E-state index in [1.165, 1.54) is 6.07 Å². The van der Waals surface area contributed by atoms with Gasteiger partial charge in [0.25, 0.3) is 0 Å². The summed E-state index contributed by atoms with van der Waals surface area (Å²) in [5, 5.41) is 10.1. The quantitative estimate of drug-likeness (QED) is 0.664. The van der Waals surface area contributed by atoms with Crippen molar-refractivity contribution in [2.24, 2.45) is 0 Å². The first-order valence-corrected chi connectivity index (χ1v) is 5.70. The highest BCUT2D eigenvalue weighted by molar-refractivity contribution is 5.37. The van der Waals surface area contributed by atoms with Crippen LogP contribution in [0, 0.1) is 17.7 Å². The molecule has 1 fully saturated rings. The normalized spacial score (nSPS) is 18.6. The lowest BCUT2D eigenvalue weighted by Gasteiger charge is -2.26. The maximum absolute atomic E-state index is 13.3. The highest BCUT2D eigenvalue weighted by Gasteiger charge is 2.26. The fourth-order valence-corrected chi connectivity index (χ4v) is 2.01. The van der Waals surface area contributed by atoms with Gasteiger partial charge < -0.3 is 5.11 Å². The molecule has 0 aliphatic heterocycles. The molecule has 2 heteroatoms. The van der Waals surface area contributed by atoms with Gasteiger partial charge in [0.1, 0.15) is 11.4 Å². The van der Waals surface area contributed by atoms with Crippen LogP contribution in [0.5, 0.6) is 0 Å². The lowest BCUT2D eigenvalue weighted by atomic mass is 9.85. The third kappa shape index (κ3) is 2.62. The first kappa shape index (κ1) is 11.2. The Labute approximate surface area is 95.3 Å². The Morgan fingerprint density at radius 3 is 2.50 bits per heavy atom. The predicted molar refractivity (Wildman–Crippen MR) is 61.3 cm³/mol. The van der Waals surface area contributed by atoms with Gasteiger partial charge in [-0.25, -0.2) is 4.39 Å². The zero-order chi connectivity index (χ0) is 11.4. The van der Waals surface area contributed by atoms with Gasteiger partial charge in [-0.2, -0.15) is 0 Å². The molecule has 0 atom stereocenters. The molecule has 0 unspecified atom stereocenters. The molecule has 1 nitrogen and oxygen atoms in total. The highest BCUT2D eigenvalue weighted by Crippen LogP contribution is 2.27. The van der Waals surface area contributed by atoms with E-state index in [0.717, 1.165) is 19.3 Å². The van der Waals surface area contributed by atoms with Gasteiger partial charge in [0.15, 0.2) is 0 Å². The monoisotopic (exact) mass is 218 g/mol. The Morgan fingerprint density at radius 1 is 1.12 bits per heavy atom. The topological polar surface area (TPSA) is 20.2 Å². The molecule has 1 N–H and O–H groups in total. The van der Waals surface area contributed by atoms with Crippen LogP contribution in [0.15, 0.2) is 24.3 Å². The fourth-order valence-electron chi connectivity index (χ4n) is 2.01. The molecule has 16 heavy (non-hydrogen) atoms. The minimum atomic E-state index is -0.902. The Kier molecular flexibility index (Phi) is 3.26. The van der Waals surface area contributed by atoms with Crippen molar-refractivity contribution in [1.29, 1.82) is 0 Å². The van der Waals surface area contributed by atoms with Crippen LogP contribution in [-0.2, 0) is 0 Å². The van der Waals surface area contributed by atoms with Crippen LogP contribution in [0.1, 0.15) is 37.7 Å². The summed E-state index contributed by atoms with van der Waals surface area (Å²) in [7, 11) is 0. The maximum Gasteiger partial charge on any atom is 0.138 e. The Balaban J connectivity index is 2.18. The Morgan fingerprint density at radius 2 is 1.81 bits per heavy atom. The van der Waals surface area contributed by atoms with Crippen molar-refractivity contribution in [3.05, 3.63) is 35.6 Å². The van der Waals surface area contributed by atoms with Crippen LogP contribution < -0.4 is 0 Å². The molecule has 0 amide bonds. The molecule has 0 saturated heterocycles. The van der Waals surface area contributed by atoms with Gasteiger partial charge in [-0.05, 0) is 37.8 Å². The molecule has 84 valence electrons. The first-order valence-electron chi connectivity index (χ1n) is 5.70. The SMILES string of the molecule is OC1(C#Cc2ccccc2F)CCCCC1. The Hall–Kier alpha value is -1.33. The largest absolute Gasteiger partial charge is 0.378 e. The average molecular weight is 218 g/mol. The van der Waals surface area contributed by atoms with Crippen molar-refractivity contribution < 1.29 is 9.50 Å². The molecule has 2 rings (SSSR count). The van der Waals surface area contributed by atoms with E-state index in [0.29, 0.717) is 18.4 Å². The van der Waals surface area contributed by atoms with Gasteiger partial charge in [-0.15, -0.1) is 0 Å². The summed E-state index contributed by atoms with van der Waals surface area (Å²) in [6.07, 6.45) is 4.57. The molecule has 0 aromatic heterocycles. The van der Waals surface area contributed by atoms with Gasteiger partial charge in [-0.1, -0.05) is 30.4 Å². The number of benzene rings is 1. The van der Waals surface area contributed by atoms with E-state index in [1.54, 1.807) is 18.2 Å². The van der Waals surface area contributed by atoms with E-state index < -0.39 is 5.60 Å². The van der Waals surface area contributed by atoms with Crippen molar-refractivity contribution in [3.8, 4) is 11.8 Å². The number of rotatable bonds is 0. The Bertz CT molecular complexity index is 422. The molecular formula is C14H15FO. The van der Waals surface area contributed by atoms with Crippen LogP contribution in [0.2, 0.25) is 0 Å². The smallest absolute Gasteiger partial charge is 0.138 e. The molecule has 0 bridgehead atoms. The van der Waals surface area contributed by atoms with Crippen LogP contribution in [0.25, 0.3) is 0 Å². The van der Waals surface area contributed by atoms with Crippen LogP contribution in [0.4, 0.5) is 4.39 Å². The number of hydrogen-bond donors (Lipinski definition) is 1. The van der Waals surface area contributed by atoms with E-state index in [1.807, 2.05) is 0 Å². The van der Waals surface area contributed by atoms with Gasteiger partial charge >= 0.3 is 0 Å². The van der Waals surface area contributed by atoms with E-state index >= 15 is 0 Å². The van der Waals surface area contributed by atoms with Gasteiger partial charge in [0.2, 0.25) is 0 Å². The summed E-state index contributed by atoms with van der Waals surface area (Å²) in [5.41, 5.74) is -0.540. The van der Waals surface area contributed by atoms with Crippen molar-refractivity contribution >= 4 is 0 Å². The summed E-state index contributed by atoms with van der Waals surface area (Å²) < 4.78 is 13.3. The molecule has 1 aromatic carbocycles. The summed E-state index contributed by atoms with van der Waals surface area (Å²) in [6.45, 7) is 0. The second-order valence-corrected chi connectivity index (χ2v) is 4.32. The van der Waals surface area contributed by atoms with Crippen molar-refractivity contribution in [3.63, 3.8) is 0 Å². The van der Waals surface area contributed by atoms with E-state index in [9.17, 15) is 9.50 Å². The highest BCUT2D eigenvalue weighted by atomic mass is 19.1. The van der Waals surface area contributed by atoms with E-state index in [4.69, 9.17) is 0 Å². The molecule has 1 aromatic rings. The third-order valence-electron chi connectivity index (χ3n) is 2.98. The molecule has 1 aliphatic rings. The maximum atomic E-state index is 13.3. The average Bonchev–Trinajstić information content (AvgIpc) is 2.29. The minimum absolute atomic E-state index is 0.325.